The van der Waals surface area contributed by atoms with Crippen molar-refractivity contribution in [2.24, 2.45) is 0 Å². The van der Waals surface area contributed by atoms with Crippen LogP contribution in [0, 0.1) is 0 Å². The van der Waals surface area contributed by atoms with Crippen molar-refractivity contribution in [1.82, 2.24) is 10.2 Å². The van der Waals surface area contributed by atoms with Crippen LogP contribution in [0.1, 0.15) is 26.0 Å². The second kappa shape index (κ2) is 7.31. The standard InChI is InChI=1S/C16H24N2O/c1-3-18(4-2)11-7-10-17-13-15-12-14-8-5-6-9-16(14)19-15/h5-6,8-9,12,17H,3-4,7,10-11,13H2,1-2H3. The zero-order valence-corrected chi connectivity index (χ0v) is 12.0. The average Bonchev–Trinajstić information content (AvgIpc) is 2.85. The van der Waals surface area contributed by atoms with Crippen LogP contribution in [0.25, 0.3) is 11.0 Å². The third kappa shape index (κ3) is 4.08. The molecular weight excluding hydrogens is 236 g/mol. The largest absolute Gasteiger partial charge is 0.460 e. The first kappa shape index (κ1) is 14.1. The third-order valence-corrected chi connectivity index (χ3v) is 3.50. The molecule has 2 aromatic rings. The number of fused-ring (bicyclic) bond motifs is 1. The summed E-state index contributed by atoms with van der Waals surface area (Å²) in [6, 6.07) is 10.3. The molecule has 0 fully saturated rings. The Morgan fingerprint density at radius 2 is 1.95 bits per heavy atom. The number of rotatable bonds is 8. The molecule has 0 saturated heterocycles. The molecule has 1 heterocycles. The highest BCUT2D eigenvalue weighted by molar-refractivity contribution is 5.77. The van der Waals surface area contributed by atoms with Gasteiger partial charge in [-0.2, -0.15) is 0 Å². The number of para-hydroxylation sites is 1. The lowest BCUT2D eigenvalue weighted by Crippen LogP contribution is -2.27. The molecule has 19 heavy (non-hydrogen) atoms. The van der Waals surface area contributed by atoms with Gasteiger partial charge in [0.15, 0.2) is 0 Å². The molecule has 0 aliphatic heterocycles. The van der Waals surface area contributed by atoms with E-state index >= 15 is 0 Å². The maximum absolute atomic E-state index is 5.77. The summed E-state index contributed by atoms with van der Waals surface area (Å²) in [5.74, 6) is 1.02. The van der Waals surface area contributed by atoms with Gasteiger partial charge in [-0.25, -0.2) is 0 Å². The maximum Gasteiger partial charge on any atom is 0.134 e. The number of furan rings is 1. The summed E-state index contributed by atoms with van der Waals surface area (Å²) in [5.41, 5.74) is 0.974. The van der Waals surface area contributed by atoms with Crippen molar-refractivity contribution in [3.8, 4) is 0 Å². The summed E-state index contributed by atoms with van der Waals surface area (Å²) in [5, 5.41) is 4.63. The fraction of sp³-hybridized carbons (Fsp3) is 0.500. The van der Waals surface area contributed by atoms with Crippen molar-refractivity contribution in [3.05, 3.63) is 36.1 Å². The Hall–Kier alpha value is -1.32. The van der Waals surface area contributed by atoms with Gasteiger partial charge in [-0.3, -0.25) is 0 Å². The predicted octanol–water partition coefficient (Wildman–Crippen LogP) is 3.25. The Balaban J connectivity index is 1.71. The molecule has 3 heteroatoms. The van der Waals surface area contributed by atoms with Crippen LogP contribution in [-0.2, 0) is 6.54 Å². The van der Waals surface area contributed by atoms with Crippen LogP contribution in [-0.4, -0.2) is 31.1 Å². The van der Waals surface area contributed by atoms with Crippen LogP contribution in [0.4, 0.5) is 0 Å². The first-order valence-electron chi connectivity index (χ1n) is 7.24. The van der Waals surface area contributed by atoms with E-state index in [9.17, 15) is 0 Å². The summed E-state index contributed by atoms with van der Waals surface area (Å²) >= 11 is 0. The zero-order chi connectivity index (χ0) is 13.5. The fourth-order valence-electron chi connectivity index (χ4n) is 2.30. The second-order valence-corrected chi connectivity index (χ2v) is 4.81. The Morgan fingerprint density at radius 3 is 2.68 bits per heavy atom. The van der Waals surface area contributed by atoms with Crippen LogP contribution >= 0.6 is 0 Å². The van der Waals surface area contributed by atoms with Crippen LogP contribution in [0.15, 0.2) is 34.7 Å². The van der Waals surface area contributed by atoms with E-state index in [2.05, 4.69) is 36.2 Å². The van der Waals surface area contributed by atoms with Crippen LogP contribution in [0.2, 0.25) is 0 Å². The molecule has 2 rings (SSSR count). The first-order valence-corrected chi connectivity index (χ1v) is 7.24. The molecule has 0 unspecified atom stereocenters. The number of benzene rings is 1. The van der Waals surface area contributed by atoms with Crippen LogP contribution < -0.4 is 5.32 Å². The quantitative estimate of drug-likeness (QED) is 0.739. The van der Waals surface area contributed by atoms with Gasteiger partial charge in [0.1, 0.15) is 11.3 Å². The lowest BCUT2D eigenvalue weighted by molar-refractivity contribution is 0.297. The normalized spacial score (nSPS) is 11.5. The number of hydrogen-bond donors (Lipinski definition) is 1. The van der Waals surface area contributed by atoms with Crippen molar-refractivity contribution >= 4 is 11.0 Å². The Bertz CT molecular complexity index is 455. The molecule has 0 radical (unpaired) electrons. The SMILES string of the molecule is CCN(CC)CCCNCc1cc2ccccc2o1. The van der Waals surface area contributed by atoms with Gasteiger partial charge >= 0.3 is 0 Å². The van der Waals surface area contributed by atoms with Crippen LogP contribution in [0.3, 0.4) is 0 Å². The van der Waals surface area contributed by atoms with Gasteiger partial charge in [-0.05, 0) is 44.7 Å². The summed E-state index contributed by atoms with van der Waals surface area (Å²) in [7, 11) is 0. The molecule has 1 N–H and O–H groups in total. The molecule has 3 nitrogen and oxygen atoms in total. The molecule has 1 aromatic carbocycles. The summed E-state index contributed by atoms with van der Waals surface area (Å²) in [6.45, 7) is 9.72. The first-order chi connectivity index (χ1) is 9.33. The van der Waals surface area contributed by atoms with Crippen molar-refractivity contribution in [1.29, 1.82) is 0 Å². The van der Waals surface area contributed by atoms with Gasteiger partial charge in [0.25, 0.3) is 0 Å². The molecular formula is C16H24N2O. The summed E-state index contributed by atoms with van der Waals surface area (Å²) in [6.07, 6.45) is 1.18. The highest BCUT2D eigenvalue weighted by Crippen LogP contribution is 2.18. The molecule has 0 spiro atoms. The second-order valence-electron chi connectivity index (χ2n) is 4.81. The van der Waals surface area contributed by atoms with Gasteiger partial charge in [-0.15, -0.1) is 0 Å². The zero-order valence-electron chi connectivity index (χ0n) is 12.0. The van der Waals surface area contributed by atoms with E-state index in [0.717, 1.165) is 37.5 Å². The Morgan fingerprint density at radius 1 is 1.16 bits per heavy atom. The van der Waals surface area contributed by atoms with Crippen molar-refractivity contribution < 1.29 is 4.42 Å². The van der Waals surface area contributed by atoms with E-state index in [-0.39, 0.29) is 0 Å². The molecule has 0 amide bonds. The van der Waals surface area contributed by atoms with Gasteiger partial charge in [-0.1, -0.05) is 32.0 Å². The van der Waals surface area contributed by atoms with E-state index in [1.54, 1.807) is 0 Å². The summed E-state index contributed by atoms with van der Waals surface area (Å²) in [4.78, 5) is 2.45. The van der Waals surface area contributed by atoms with E-state index < -0.39 is 0 Å². The number of hydrogen-bond acceptors (Lipinski definition) is 3. The lowest BCUT2D eigenvalue weighted by atomic mass is 10.2. The van der Waals surface area contributed by atoms with Gasteiger partial charge < -0.3 is 14.6 Å². The Labute approximate surface area is 115 Å². The topological polar surface area (TPSA) is 28.4 Å². The highest BCUT2D eigenvalue weighted by atomic mass is 16.3. The molecule has 104 valence electrons. The molecule has 0 aliphatic carbocycles. The minimum Gasteiger partial charge on any atom is -0.460 e. The van der Waals surface area contributed by atoms with Gasteiger partial charge in [0.2, 0.25) is 0 Å². The summed E-state index contributed by atoms with van der Waals surface area (Å²) < 4.78 is 5.77. The van der Waals surface area contributed by atoms with Gasteiger partial charge in [0, 0.05) is 5.39 Å². The third-order valence-electron chi connectivity index (χ3n) is 3.50. The smallest absolute Gasteiger partial charge is 0.134 e. The number of nitrogens with zero attached hydrogens (tertiary/aromatic N) is 1. The molecule has 1 aromatic heterocycles. The van der Waals surface area contributed by atoms with E-state index in [0.29, 0.717) is 0 Å². The monoisotopic (exact) mass is 260 g/mol. The molecule has 0 atom stereocenters. The van der Waals surface area contributed by atoms with Gasteiger partial charge in [0.05, 0.1) is 6.54 Å². The number of nitrogens with one attached hydrogen (secondary N) is 1. The Kier molecular flexibility index (Phi) is 5.43. The maximum atomic E-state index is 5.77. The lowest BCUT2D eigenvalue weighted by Gasteiger charge is -2.17. The van der Waals surface area contributed by atoms with Crippen LogP contribution in [0.5, 0.6) is 0 Å². The fourth-order valence-corrected chi connectivity index (χ4v) is 2.30. The van der Waals surface area contributed by atoms with Crippen molar-refractivity contribution in [2.45, 2.75) is 26.8 Å². The minimum absolute atomic E-state index is 0.812. The average molecular weight is 260 g/mol. The van der Waals surface area contributed by atoms with E-state index in [4.69, 9.17) is 4.42 Å². The van der Waals surface area contributed by atoms with E-state index in [1.165, 1.54) is 18.4 Å². The molecule has 0 bridgehead atoms. The van der Waals surface area contributed by atoms with Crippen molar-refractivity contribution in [3.63, 3.8) is 0 Å². The van der Waals surface area contributed by atoms with E-state index in [1.807, 2.05) is 18.2 Å². The minimum atomic E-state index is 0.812. The highest BCUT2D eigenvalue weighted by Gasteiger charge is 2.02. The molecule has 0 aliphatic rings. The van der Waals surface area contributed by atoms with Crippen molar-refractivity contribution in [2.75, 3.05) is 26.2 Å². The molecule has 0 saturated carbocycles. The predicted molar refractivity (Wildman–Crippen MR) is 80.3 cm³/mol.